The summed E-state index contributed by atoms with van der Waals surface area (Å²) in [6, 6.07) is 8.32. The largest absolute Gasteiger partial charge is 0.326 e. The fraction of sp³-hybridized carbons (Fsp3) is 0.312. The number of thioether (sulfide) groups is 1. The van der Waals surface area contributed by atoms with E-state index < -0.39 is 0 Å². The minimum absolute atomic E-state index is 0.0666. The molecule has 0 saturated heterocycles. The third-order valence-corrected chi connectivity index (χ3v) is 6.87. The summed E-state index contributed by atoms with van der Waals surface area (Å²) < 4.78 is 0. The van der Waals surface area contributed by atoms with Gasteiger partial charge in [0.15, 0.2) is 0 Å². The lowest BCUT2D eigenvalue weighted by atomic mass is 10.0. The Bertz CT molecular complexity index is 702. The Morgan fingerprint density at radius 3 is 3.00 bits per heavy atom. The number of rotatable bonds is 2. The molecule has 2 aromatic rings. The van der Waals surface area contributed by atoms with Gasteiger partial charge in [-0.15, -0.1) is 22.9 Å². The summed E-state index contributed by atoms with van der Waals surface area (Å²) in [5, 5.41) is 2.74. The normalized spacial score (nSPS) is 18.0. The van der Waals surface area contributed by atoms with Crippen molar-refractivity contribution >= 4 is 46.3 Å². The Labute approximate surface area is 136 Å². The van der Waals surface area contributed by atoms with E-state index in [-0.39, 0.29) is 11.3 Å². The summed E-state index contributed by atoms with van der Waals surface area (Å²) in [5.74, 6) is 2.39. The molecular weight excluding hydrogens is 322 g/mol. The smallest absolute Gasteiger partial charge is 0.228 e. The highest BCUT2D eigenvalue weighted by Gasteiger charge is 2.22. The van der Waals surface area contributed by atoms with E-state index in [0.717, 1.165) is 29.0 Å². The average molecular weight is 336 g/mol. The molecule has 108 valence electrons. The molecule has 3 heterocycles. The molecule has 21 heavy (non-hydrogen) atoms. The molecule has 1 unspecified atom stereocenters. The zero-order valence-electron chi connectivity index (χ0n) is 11.3. The van der Waals surface area contributed by atoms with Crippen LogP contribution >= 0.6 is 34.7 Å². The fourth-order valence-corrected chi connectivity index (χ4v) is 5.58. The first-order chi connectivity index (χ1) is 10.2. The topological polar surface area (TPSA) is 29.1 Å². The number of carbonyl (C=O) groups excluding carboxylic acids is 1. The highest BCUT2D eigenvalue weighted by Crippen LogP contribution is 2.40. The van der Waals surface area contributed by atoms with Gasteiger partial charge in [-0.2, -0.15) is 11.8 Å². The summed E-state index contributed by atoms with van der Waals surface area (Å²) in [6.07, 6.45) is 1.63. The van der Waals surface area contributed by atoms with Crippen LogP contribution in [0.1, 0.15) is 31.8 Å². The number of hydrogen-bond donors (Lipinski definition) is 1. The molecule has 1 aromatic heterocycles. The van der Waals surface area contributed by atoms with Gasteiger partial charge in [0.25, 0.3) is 0 Å². The molecule has 1 atom stereocenters. The van der Waals surface area contributed by atoms with E-state index in [9.17, 15) is 4.79 Å². The van der Waals surface area contributed by atoms with Crippen LogP contribution in [0.4, 0.5) is 5.69 Å². The number of amides is 1. The zero-order chi connectivity index (χ0) is 14.4. The minimum Gasteiger partial charge on any atom is -0.326 e. The van der Waals surface area contributed by atoms with Gasteiger partial charge in [0.2, 0.25) is 5.91 Å². The first-order valence-corrected chi connectivity index (χ1v) is 9.37. The van der Waals surface area contributed by atoms with Gasteiger partial charge < -0.3 is 5.32 Å². The van der Waals surface area contributed by atoms with Crippen molar-refractivity contribution in [3.05, 3.63) is 50.7 Å². The van der Waals surface area contributed by atoms with E-state index in [1.807, 2.05) is 35.2 Å². The van der Waals surface area contributed by atoms with Gasteiger partial charge in [0.05, 0.1) is 11.8 Å². The second-order valence-corrected chi connectivity index (χ2v) is 8.11. The predicted octanol–water partition coefficient (Wildman–Crippen LogP) is 4.36. The number of aryl methyl sites for hydroxylation is 1. The van der Waals surface area contributed by atoms with Gasteiger partial charge in [-0.1, -0.05) is 12.1 Å². The average Bonchev–Trinajstić information content (AvgIpc) is 3.07. The molecule has 0 radical (unpaired) electrons. The lowest BCUT2D eigenvalue weighted by Crippen LogP contribution is -2.03. The fourth-order valence-electron chi connectivity index (χ4n) is 2.87. The lowest BCUT2D eigenvalue weighted by Gasteiger charge is -2.09. The number of halogens is 1. The van der Waals surface area contributed by atoms with Crippen LogP contribution in [0.3, 0.4) is 0 Å². The Morgan fingerprint density at radius 1 is 1.24 bits per heavy atom. The minimum atomic E-state index is -0.119. The van der Waals surface area contributed by atoms with Crippen LogP contribution < -0.4 is 5.32 Å². The van der Waals surface area contributed by atoms with Crippen LogP contribution in [0.15, 0.2) is 24.3 Å². The zero-order valence-corrected chi connectivity index (χ0v) is 13.7. The van der Waals surface area contributed by atoms with E-state index in [4.69, 9.17) is 11.6 Å². The van der Waals surface area contributed by atoms with E-state index in [1.165, 1.54) is 21.1 Å². The number of benzene rings is 1. The summed E-state index contributed by atoms with van der Waals surface area (Å²) >= 11 is 10.5. The Balaban J connectivity index is 1.65. The van der Waals surface area contributed by atoms with E-state index in [2.05, 4.69) is 17.4 Å². The third-order valence-electron chi connectivity index (χ3n) is 3.94. The number of carbonyl (C=O) groups is 1. The van der Waals surface area contributed by atoms with Crippen molar-refractivity contribution in [2.24, 2.45) is 0 Å². The highest BCUT2D eigenvalue weighted by molar-refractivity contribution is 7.98. The third kappa shape index (κ3) is 2.50. The maximum absolute atomic E-state index is 11.4. The molecular formula is C16H14ClNOS2. The molecule has 2 aliphatic heterocycles. The monoisotopic (exact) mass is 335 g/mol. The number of fused-ring (bicyclic) bond motifs is 2. The summed E-state index contributed by atoms with van der Waals surface area (Å²) in [4.78, 5) is 14.2. The van der Waals surface area contributed by atoms with E-state index >= 15 is 0 Å². The Morgan fingerprint density at radius 2 is 2.14 bits per heavy atom. The number of anilines is 1. The van der Waals surface area contributed by atoms with Crippen molar-refractivity contribution in [1.82, 2.24) is 0 Å². The van der Waals surface area contributed by atoms with Crippen LogP contribution in [-0.2, 0) is 23.4 Å². The molecule has 4 rings (SSSR count). The quantitative estimate of drug-likeness (QED) is 0.826. The number of alkyl halides is 1. The number of nitrogens with one attached hydrogen (secondary N) is 1. The maximum Gasteiger partial charge on any atom is 0.228 e. The highest BCUT2D eigenvalue weighted by atomic mass is 35.5. The predicted molar refractivity (Wildman–Crippen MR) is 90.7 cm³/mol. The molecule has 1 amide bonds. The van der Waals surface area contributed by atoms with Crippen molar-refractivity contribution in [1.29, 1.82) is 0 Å². The summed E-state index contributed by atoms with van der Waals surface area (Å²) in [6.45, 7) is 0. The van der Waals surface area contributed by atoms with Crippen LogP contribution in [0.2, 0.25) is 0 Å². The number of thiophene rings is 1. The van der Waals surface area contributed by atoms with Gasteiger partial charge in [-0.05, 0) is 41.0 Å². The van der Waals surface area contributed by atoms with Crippen molar-refractivity contribution < 1.29 is 4.79 Å². The second-order valence-electron chi connectivity index (χ2n) is 5.40. The summed E-state index contributed by atoms with van der Waals surface area (Å²) in [7, 11) is 0. The van der Waals surface area contributed by atoms with Crippen molar-refractivity contribution in [2.45, 2.75) is 24.0 Å². The molecule has 2 nitrogen and oxygen atoms in total. The van der Waals surface area contributed by atoms with E-state index in [0.29, 0.717) is 6.42 Å². The Hall–Kier alpha value is -0.970. The molecule has 0 saturated carbocycles. The van der Waals surface area contributed by atoms with Crippen LogP contribution in [0.25, 0.3) is 0 Å². The van der Waals surface area contributed by atoms with Crippen molar-refractivity contribution in [2.75, 3.05) is 11.1 Å². The van der Waals surface area contributed by atoms with Crippen molar-refractivity contribution in [3.8, 4) is 0 Å². The first-order valence-electron chi connectivity index (χ1n) is 6.96. The van der Waals surface area contributed by atoms with Crippen LogP contribution in [0.5, 0.6) is 0 Å². The molecule has 0 fully saturated rings. The second kappa shape index (κ2) is 5.34. The van der Waals surface area contributed by atoms with Crippen LogP contribution in [-0.4, -0.2) is 11.7 Å². The van der Waals surface area contributed by atoms with Crippen molar-refractivity contribution in [3.63, 3.8) is 0 Å². The number of hydrogen-bond acceptors (Lipinski definition) is 3. The van der Waals surface area contributed by atoms with E-state index in [1.54, 1.807) is 0 Å². The molecule has 0 spiro atoms. The molecule has 5 heteroatoms. The molecule has 1 N–H and O–H groups in total. The van der Waals surface area contributed by atoms with Gasteiger partial charge in [-0.25, -0.2) is 0 Å². The van der Waals surface area contributed by atoms with Gasteiger partial charge in [-0.3, -0.25) is 4.79 Å². The first kappa shape index (κ1) is 13.7. The Kier molecular flexibility index (Phi) is 3.48. The van der Waals surface area contributed by atoms with Gasteiger partial charge in [0.1, 0.15) is 0 Å². The molecule has 2 aliphatic rings. The standard InChI is InChI=1S/C16H14ClNOS2/c17-16(14-6-11-8-20-4-3-13(11)21-14)9-1-2-12-10(5-9)7-15(19)18-12/h1-2,5-6,16H,3-4,7-8H2,(H,18,19). The lowest BCUT2D eigenvalue weighted by molar-refractivity contribution is -0.115. The van der Waals surface area contributed by atoms with Gasteiger partial charge in [0, 0.05) is 21.2 Å². The maximum atomic E-state index is 11.4. The van der Waals surface area contributed by atoms with Crippen LogP contribution in [0, 0.1) is 0 Å². The SMILES string of the molecule is O=C1Cc2cc(C(Cl)c3cc4c(s3)CCSC4)ccc2N1. The van der Waals surface area contributed by atoms with Gasteiger partial charge >= 0.3 is 0 Å². The molecule has 0 aliphatic carbocycles. The molecule has 0 bridgehead atoms. The summed E-state index contributed by atoms with van der Waals surface area (Å²) in [5.41, 5.74) is 4.52. The molecule has 1 aromatic carbocycles.